The van der Waals surface area contributed by atoms with Gasteiger partial charge in [-0.25, -0.2) is 0 Å². The molecule has 110 valence electrons. The molecule has 0 saturated heterocycles. The fourth-order valence-electron chi connectivity index (χ4n) is 2.09. The minimum atomic E-state index is -0.489. The Labute approximate surface area is 119 Å². The van der Waals surface area contributed by atoms with E-state index >= 15 is 0 Å². The lowest BCUT2D eigenvalue weighted by Crippen LogP contribution is -2.28. The first-order chi connectivity index (χ1) is 9.40. The molecule has 0 aliphatic rings. The maximum atomic E-state index is 11.4. The highest BCUT2D eigenvalue weighted by atomic mass is 16.6. The van der Waals surface area contributed by atoms with Gasteiger partial charge < -0.3 is 4.90 Å². The Morgan fingerprint density at radius 3 is 2.50 bits per heavy atom. The van der Waals surface area contributed by atoms with E-state index in [2.05, 4.69) is 18.7 Å². The molecule has 0 fully saturated rings. The molecule has 5 heteroatoms. The summed E-state index contributed by atoms with van der Waals surface area (Å²) in [7, 11) is 0. The van der Waals surface area contributed by atoms with Gasteiger partial charge in [0.2, 0.25) is 0 Å². The maximum Gasteiger partial charge on any atom is 0.282 e. The molecule has 0 bridgehead atoms. The van der Waals surface area contributed by atoms with Crippen LogP contribution in [-0.4, -0.2) is 23.8 Å². The molecule has 0 aliphatic carbocycles. The van der Waals surface area contributed by atoms with Gasteiger partial charge in [-0.1, -0.05) is 20.3 Å². The van der Waals surface area contributed by atoms with Crippen molar-refractivity contribution in [3.05, 3.63) is 33.9 Å². The van der Waals surface area contributed by atoms with Gasteiger partial charge in [0.25, 0.3) is 5.69 Å². The SMILES string of the molecule is CCC(C)CN(CC)c1ccc(C(C)=O)c([N+](=O)[O-])c1. The quantitative estimate of drug-likeness (QED) is 0.433. The van der Waals surface area contributed by atoms with Crippen LogP contribution in [0.1, 0.15) is 44.5 Å². The summed E-state index contributed by atoms with van der Waals surface area (Å²) in [5.41, 5.74) is 0.848. The standard InChI is InChI=1S/C15H22N2O3/c1-5-11(3)10-16(6-2)13-7-8-14(12(4)18)15(9-13)17(19)20/h7-9,11H,5-6,10H2,1-4H3. The van der Waals surface area contributed by atoms with E-state index in [0.717, 1.165) is 25.2 Å². The van der Waals surface area contributed by atoms with Crippen LogP contribution in [0.3, 0.4) is 0 Å². The van der Waals surface area contributed by atoms with E-state index in [1.54, 1.807) is 12.1 Å². The van der Waals surface area contributed by atoms with E-state index in [1.807, 2.05) is 6.92 Å². The minimum absolute atomic E-state index is 0.113. The lowest BCUT2D eigenvalue weighted by Gasteiger charge is -2.26. The van der Waals surface area contributed by atoms with Crippen LogP contribution < -0.4 is 4.90 Å². The Kier molecular flexibility index (Phi) is 5.67. The normalized spacial score (nSPS) is 12.0. The van der Waals surface area contributed by atoms with Crippen LogP contribution in [0, 0.1) is 16.0 Å². The van der Waals surface area contributed by atoms with E-state index in [0.29, 0.717) is 5.92 Å². The molecule has 1 aromatic rings. The van der Waals surface area contributed by atoms with Gasteiger partial charge in [-0.15, -0.1) is 0 Å². The lowest BCUT2D eigenvalue weighted by atomic mass is 10.1. The smallest absolute Gasteiger partial charge is 0.282 e. The van der Waals surface area contributed by atoms with Gasteiger partial charge in [0.15, 0.2) is 5.78 Å². The van der Waals surface area contributed by atoms with Gasteiger partial charge in [-0.2, -0.15) is 0 Å². The molecule has 0 saturated carbocycles. The van der Waals surface area contributed by atoms with E-state index < -0.39 is 4.92 Å². The fourth-order valence-corrected chi connectivity index (χ4v) is 2.09. The Morgan fingerprint density at radius 2 is 2.05 bits per heavy atom. The second-order valence-electron chi connectivity index (χ2n) is 5.07. The third-order valence-corrected chi connectivity index (χ3v) is 3.53. The van der Waals surface area contributed by atoms with Crippen molar-refractivity contribution >= 4 is 17.2 Å². The van der Waals surface area contributed by atoms with Crippen LogP contribution >= 0.6 is 0 Å². The van der Waals surface area contributed by atoms with Gasteiger partial charge in [-0.3, -0.25) is 14.9 Å². The molecule has 0 aromatic heterocycles. The Morgan fingerprint density at radius 1 is 1.40 bits per heavy atom. The molecule has 1 aromatic carbocycles. The van der Waals surface area contributed by atoms with E-state index in [9.17, 15) is 14.9 Å². The number of hydrogen-bond donors (Lipinski definition) is 0. The first-order valence-electron chi connectivity index (χ1n) is 6.95. The van der Waals surface area contributed by atoms with Gasteiger partial charge in [0.1, 0.15) is 0 Å². The first kappa shape index (κ1) is 16.1. The zero-order valence-corrected chi connectivity index (χ0v) is 12.5. The van der Waals surface area contributed by atoms with Gasteiger partial charge in [0, 0.05) is 24.8 Å². The highest BCUT2D eigenvalue weighted by Crippen LogP contribution is 2.26. The average molecular weight is 278 g/mol. The molecule has 20 heavy (non-hydrogen) atoms. The van der Waals surface area contributed by atoms with Crippen molar-refractivity contribution < 1.29 is 9.72 Å². The molecule has 0 radical (unpaired) electrons. The van der Waals surface area contributed by atoms with Crippen molar-refractivity contribution in [2.45, 2.75) is 34.1 Å². The number of nitrogens with zero attached hydrogens (tertiary/aromatic N) is 2. The molecular formula is C15H22N2O3. The highest BCUT2D eigenvalue weighted by Gasteiger charge is 2.20. The first-order valence-corrected chi connectivity index (χ1v) is 6.95. The summed E-state index contributed by atoms with van der Waals surface area (Å²) in [6.07, 6.45) is 1.06. The maximum absolute atomic E-state index is 11.4. The predicted octanol–water partition coefficient (Wildman–Crippen LogP) is 3.67. The molecule has 0 N–H and O–H groups in total. The van der Waals surface area contributed by atoms with E-state index in [-0.39, 0.29) is 17.0 Å². The molecule has 0 aliphatic heterocycles. The number of anilines is 1. The summed E-state index contributed by atoms with van der Waals surface area (Å²) in [6.45, 7) is 9.27. The Bertz CT molecular complexity index is 500. The molecule has 1 rings (SSSR count). The molecule has 0 spiro atoms. The summed E-state index contributed by atoms with van der Waals surface area (Å²) in [6, 6.07) is 4.84. The van der Waals surface area contributed by atoms with Crippen LogP contribution in [0.15, 0.2) is 18.2 Å². The van der Waals surface area contributed by atoms with Gasteiger partial charge in [0.05, 0.1) is 10.5 Å². The van der Waals surface area contributed by atoms with Crippen molar-refractivity contribution in [3.8, 4) is 0 Å². The molecule has 1 atom stereocenters. The number of nitro groups is 1. The molecule has 0 amide bonds. The summed E-state index contributed by atoms with van der Waals surface area (Å²) >= 11 is 0. The predicted molar refractivity (Wildman–Crippen MR) is 80.4 cm³/mol. The largest absolute Gasteiger partial charge is 0.371 e. The summed E-state index contributed by atoms with van der Waals surface area (Å²) < 4.78 is 0. The monoisotopic (exact) mass is 278 g/mol. The zero-order valence-electron chi connectivity index (χ0n) is 12.5. The summed E-state index contributed by atoms with van der Waals surface area (Å²) in [5, 5.41) is 11.1. The number of carbonyl (C=O) groups excluding carboxylic acids is 1. The zero-order chi connectivity index (χ0) is 15.3. The number of ketones is 1. The van der Waals surface area contributed by atoms with E-state index in [1.165, 1.54) is 13.0 Å². The number of benzene rings is 1. The van der Waals surface area contributed by atoms with Crippen LogP contribution in [-0.2, 0) is 0 Å². The average Bonchev–Trinajstić information content (AvgIpc) is 2.43. The summed E-state index contributed by atoms with van der Waals surface area (Å²) in [5.74, 6) is 0.231. The Hall–Kier alpha value is -1.91. The Balaban J connectivity index is 3.15. The van der Waals surface area contributed by atoms with Gasteiger partial charge >= 0.3 is 0 Å². The van der Waals surface area contributed by atoms with Crippen molar-refractivity contribution in [1.82, 2.24) is 0 Å². The lowest BCUT2D eigenvalue weighted by molar-refractivity contribution is -0.385. The van der Waals surface area contributed by atoms with Gasteiger partial charge in [-0.05, 0) is 31.9 Å². The van der Waals surface area contributed by atoms with Crippen molar-refractivity contribution in [2.75, 3.05) is 18.0 Å². The minimum Gasteiger partial charge on any atom is -0.371 e. The number of rotatable bonds is 7. The molecule has 1 unspecified atom stereocenters. The number of hydrogen-bond acceptors (Lipinski definition) is 4. The van der Waals surface area contributed by atoms with Crippen molar-refractivity contribution in [1.29, 1.82) is 0 Å². The van der Waals surface area contributed by atoms with Crippen LogP contribution in [0.2, 0.25) is 0 Å². The number of carbonyl (C=O) groups is 1. The van der Waals surface area contributed by atoms with Crippen LogP contribution in [0.25, 0.3) is 0 Å². The van der Waals surface area contributed by atoms with Crippen LogP contribution in [0.5, 0.6) is 0 Å². The fraction of sp³-hybridized carbons (Fsp3) is 0.533. The summed E-state index contributed by atoms with van der Waals surface area (Å²) in [4.78, 5) is 24.1. The third-order valence-electron chi connectivity index (χ3n) is 3.53. The molecular weight excluding hydrogens is 256 g/mol. The van der Waals surface area contributed by atoms with Crippen molar-refractivity contribution in [2.24, 2.45) is 5.92 Å². The third kappa shape index (κ3) is 3.79. The number of Topliss-reactive ketones (excluding diaryl/α,β-unsaturated/α-hetero) is 1. The van der Waals surface area contributed by atoms with E-state index in [4.69, 9.17) is 0 Å². The van der Waals surface area contributed by atoms with Crippen molar-refractivity contribution in [3.63, 3.8) is 0 Å². The molecule has 0 heterocycles. The number of nitro benzene ring substituents is 1. The highest BCUT2D eigenvalue weighted by molar-refractivity contribution is 5.98. The second kappa shape index (κ2) is 7.03. The molecule has 5 nitrogen and oxygen atoms in total. The topological polar surface area (TPSA) is 63.5 Å². The van der Waals surface area contributed by atoms with Crippen LogP contribution in [0.4, 0.5) is 11.4 Å². The second-order valence-corrected chi connectivity index (χ2v) is 5.07.